The lowest BCUT2D eigenvalue weighted by atomic mass is 9.96. The molecule has 1 atom stereocenters. The number of carbonyl (C=O) groups excluding carboxylic acids is 1. The highest BCUT2D eigenvalue weighted by atomic mass is 16.5. The molecule has 0 aliphatic rings. The van der Waals surface area contributed by atoms with Crippen molar-refractivity contribution in [1.29, 1.82) is 0 Å². The quantitative estimate of drug-likeness (QED) is 0.787. The van der Waals surface area contributed by atoms with E-state index in [9.17, 15) is 4.79 Å². The number of esters is 1. The summed E-state index contributed by atoms with van der Waals surface area (Å²) in [5.41, 5.74) is 1.79. The molecule has 0 N–H and O–H groups in total. The number of aryl methyl sites for hydroxylation is 1. The first-order valence-electron chi connectivity index (χ1n) is 6.95. The zero-order valence-electron chi connectivity index (χ0n) is 12.7. The molecule has 0 aliphatic carbocycles. The summed E-state index contributed by atoms with van der Waals surface area (Å²) in [6.07, 6.45) is 3.38. The van der Waals surface area contributed by atoms with Gasteiger partial charge in [0.05, 0.1) is 6.61 Å². The lowest BCUT2D eigenvalue weighted by Crippen LogP contribution is -2.21. The van der Waals surface area contributed by atoms with Gasteiger partial charge >= 0.3 is 5.97 Å². The largest absolute Gasteiger partial charge is 0.465 e. The summed E-state index contributed by atoms with van der Waals surface area (Å²) in [6.45, 7) is 7.87. The number of carbonyl (C=O) groups is 1. The molecule has 0 fully saturated rings. The van der Waals surface area contributed by atoms with E-state index in [1.807, 2.05) is 26.8 Å². The Hall–Kier alpha value is -2.24. The van der Waals surface area contributed by atoms with Gasteiger partial charge in [-0.15, -0.1) is 0 Å². The fourth-order valence-corrected chi connectivity index (χ4v) is 2.06. The van der Waals surface area contributed by atoms with Crippen molar-refractivity contribution < 1.29 is 14.1 Å². The summed E-state index contributed by atoms with van der Waals surface area (Å²) in [7, 11) is 0. The van der Waals surface area contributed by atoms with Gasteiger partial charge in [0.2, 0.25) is 11.7 Å². The number of pyridine rings is 1. The normalized spacial score (nSPS) is 12.4. The maximum atomic E-state index is 12.0. The Kier molecular flexibility index (Phi) is 4.67. The van der Waals surface area contributed by atoms with Crippen molar-refractivity contribution in [3.63, 3.8) is 0 Å². The van der Waals surface area contributed by atoms with Gasteiger partial charge in [0.15, 0.2) is 0 Å². The molecule has 2 rings (SSSR count). The smallest absolute Gasteiger partial charge is 0.318 e. The fourth-order valence-electron chi connectivity index (χ4n) is 2.06. The molecule has 6 heteroatoms. The van der Waals surface area contributed by atoms with E-state index in [4.69, 9.17) is 9.26 Å². The molecule has 0 radical (unpaired) electrons. The predicted octanol–water partition coefficient (Wildman–Crippen LogP) is 2.74. The Morgan fingerprint density at radius 1 is 1.43 bits per heavy atom. The molecule has 2 aromatic rings. The van der Waals surface area contributed by atoms with Gasteiger partial charge in [-0.25, -0.2) is 0 Å². The second-order valence-electron chi connectivity index (χ2n) is 5.12. The summed E-state index contributed by atoms with van der Waals surface area (Å²) < 4.78 is 10.4. The van der Waals surface area contributed by atoms with Crippen LogP contribution in [0.3, 0.4) is 0 Å². The van der Waals surface area contributed by atoms with Crippen molar-refractivity contribution in [3.05, 3.63) is 29.9 Å². The van der Waals surface area contributed by atoms with Crippen LogP contribution in [-0.2, 0) is 9.53 Å². The molecule has 1 unspecified atom stereocenters. The zero-order chi connectivity index (χ0) is 15.4. The monoisotopic (exact) mass is 289 g/mol. The number of nitrogens with zero attached hydrogens (tertiary/aromatic N) is 3. The molecular weight excluding hydrogens is 270 g/mol. The van der Waals surface area contributed by atoms with Crippen molar-refractivity contribution in [2.24, 2.45) is 5.92 Å². The summed E-state index contributed by atoms with van der Waals surface area (Å²) >= 11 is 0. The van der Waals surface area contributed by atoms with Crippen LogP contribution in [-0.4, -0.2) is 27.7 Å². The van der Waals surface area contributed by atoms with Gasteiger partial charge < -0.3 is 9.26 Å². The number of rotatable bonds is 5. The second kappa shape index (κ2) is 6.47. The number of hydrogen-bond donors (Lipinski definition) is 0. The van der Waals surface area contributed by atoms with Gasteiger partial charge in [-0.1, -0.05) is 19.0 Å². The molecule has 2 heterocycles. The Bertz CT molecular complexity index is 622. The summed E-state index contributed by atoms with van der Waals surface area (Å²) in [4.78, 5) is 20.4. The van der Waals surface area contributed by atoms with E-state index in [1.54, 1.807) is 19.3 Å². The van der Waals surface area contributed by atoms with Crippen LogP contribution in [0.15, 0.2) is 23.0 Å². The third-order valence-corrected chi connectivity index (χ3v) is 3.19. The highest BCUT2D eigenvalue weighted by Crippen LogP contribution is 2.27. The summed E-state index contributed by atoms with van der Waals surface area (Å²) in [5.74, 6) is -0.173. The number of aromatic nitrogens is 3. The maximum absolute atomic E-state index is 12.0. The third kappa shape index (κ3) is 3.26. The zero-order valence-corrected chi connectivity index (χ0v) is 12.7. The second-order valence-corrected chi connectivity index (χ2v) is 5.12. The van der Waals surface area contributed by atoms with E-state index < -0.39 is 5.92 Å². The summed E-state index contributed by atoms with van der Waals surface area (Å²) in [5, 5.41) is 3.96. The van der Waals surface area contributed by atoms with Gasteiger partial charge in [0.25, 0.3) is 0 Å². The SMILES string of the molecule is CCOC(=O)C(c1nc(-c2cnccc2C)no1)C(C)C. The maximum Gasteiger partial charge on any atom is 0.318 e. The van der Waals surface area contributed by atoms with Gasteiger partial charge in [-0.05, 0) is 31.4 Å². The van der Waals surface area contributed by atoms with Crippen molar-refractivity contribution in [1.82, 2.24) is 15.1 Å². The topological polar surface area (TPSA) is 78.1 Å². The van der Waals surface area contributed by atoms with Crippen LogP contribution < -0.4 is 0 Å². The van der Waals surface area contributed by atoms with E-state index in [2.05, 4.69) is 15.1 Å². The van der Waals surface area contributed by atoms with E-state index >= 15 is 0 Å². The molecule has 0 amide bonds. The Balaban J connectivity index is 2.33. The van der Waals surface area contributed by atoms with Crippen molar-refractivity contribution in [3.8, 4) is 11.4 Å². The van der Waals surface area contributed by atoms with Crippen LogP contribution in [0.4, 0.5) is 0 Å². The van der Waals surface area contributed by atoms with Gasteiger partial charge in [-0.3, -0.25) is 9.78 Å². The number of hydrogen-bond acceptors (Lipinski definition) is 6. The minimum absolute atomic E-state index is 0.00680. The van der Waals surface area contributed by atoms with Crippen molar-refractivity contribution in [2.45, 2.75) is 33.6 Å². The predicted molar refractivity (Wildman–Crippen MR) is 76.5 cm³/mol. The molecule has 0 saturated carbocycles. The van der Waals surface area contributed by atoms with Crippen LogP contribution in [0.2, 0.25) is 0 Å². The Morgan fingerprint density at radius 2 is 2.19 bits per heavy atom. The fraction of sp³-hybridized carbons (Fsp3) is 0.467. The minimum atomic E-state index is -0.553. The summed E-state index contributed by atoms with van der Waals surface area (Å²) in [6, 6.07) is 1.87. The Morgan fingerprint density at radius 3 is 2.81 bits per heavy atom. The molecular formula is C15H19N3O3. The highest BCUT2D eigenvalue weighted by molar-refractivity contribution is 5.77. The van der Waals surface area contributed by atoms with Crippen LogP contribution >= 0.6 is 0 Å². The van der Waals surface area contributed by atoms with E-state index in [1.165, 1.54) is 0 Å². The standard InChI is InChI=1S/C15H19N3O3/c1-5-20-15(19)12(9(2)3)14-17-13(18-21-14)11-8-16-7-6-10(11)4/h6-9,12H,5H2,1-4H3. The highest BCUT2D eigenvalue weighted by Gasteiger charge is 2.31. The van der Waals surface area contributed by atoms with E-state index in [0.29, 0.717) is 12.4 Å². The van der Waals surface area contributed by atoms with Crippen LogP contribution in [0.5, 0.6) is 0 Å². The molecule has 6 nitrogen and oxygen atoms in total. The first kappa shape index (κ1) is 15.2. The van der Waals surface area contributed by atoms with Gasteiger partial charge in [0, 0.05) is 18.0 Å². The average molecular weight is 289 g/mol. The first-order valence-corrected chi connectivity index (χ1v) is 6.95. The first-order chi connectivity index (χ1) is 10.0. The van der Waals surface area contributed by atoms with Crippen molar-refractivity contribution >= 4 is 5.97 Å². The minimum Gasteiger partial charge on any atom is -0.465 e. The van der Waals surface area contributed by atoms with Crippen LogP contribution in [0, 0.1) is 12.8 Å². The lowest BCUT2D eigenvalue weighted by Gasteiger charge is -2.14. The Labute approximate surface area is 123 Å². The van der Waals surface area contributed by atoms with Gasteiger partial charge in [-0.2, -0.15) is 4.98 Å². The molecule has 0 saturated heterocycles. The average Bonchev–Trinajstić information content (AvgIpc) is 2.88. The molecule has 0 spiro atoms. The molecule has 112 valence electrons. The van der Waals surface area contributed by atoms with Gasteiger partial charge in [0.1, 0.15) is 5.92 Å². The van der Waals surface area contributed by atoms with Crippen LogP contribution in [0.1, 0.15) is 38.1 Å². The molecule has 2 aromatic heterocycles. The molecule has 0 aliphatic heterocycles. The lowest BCUT2D eigenvalue weighted by molar-refractivity contribution is -0.146. The molecule has 0 bridgehead atoms. The van der Waals surface area contributed by atoms with Crippen molar-refractivity contribution in [2.75, 3.05) is 6.61 Å². The third-order valence-electron chi connectivity index (χ3n) is 3.19. The van der Waals surface area contributed by atoms with Crippen LogP contribution in [0.25, 0.3) is 11.4 Å². The molecule has 21 heavy (non-hydrogen) atoms. The van der Waals surface area contributed by atoms with E-state index in [0.717, 1.165) is 11.1 Å². The van der Waals surface area contributed by atoms with E-state index in [-0.39, 0.29) is 17.8 Å². The number of ether oxygens (including phenoxy) is 1. The molecule has 0 aromatic carbocycles.